The van der Waals surface area contributed by atoms with Gasteiger partial charge in [0.2, 0.25) is 0 Å². The van der Waals surface area contributed by atoms with Crippen molar-refractivity contribution in [2.24, 2.45) is 0 Å². The van der Waals surface area contributed by atoms with Crippen LogP contribution in [-0.4, -0.2) is 19.9 Å². The van der Waals surface area contributed by atoms with E-state index in [1.807, 2.05) is 24.3 Å². The summed E-state index contributed by atoms with van der Waals surface area (Å²) < 4.78 is 0. The molecule has 0 unspecified atom stereocenters. The van der Waals surface area contributed by atoms with Crippen molar-refractivity contribution in [3.63, 3.8) is 0 Å². The van der Waals surface area contributed by atoms with Crippen molar-refractivity contribution in [1.82, 2.24) is 19.9 Å². The number of hydrogen-bond donors (Lipinski definition) is 0. The largest absolute Gasteiger partial charge is 0.250 e. The first-order valence-corrected chi connectivity index (χ1v) is 12.9. The van der Waals surface area contributed by atoms with E-state index >= 15 is 0 Å². The second-order valence-corrected chi connectivity index (χ2v) is 10.2. The molecule has 2 aromatic heterocycles. The quantitative estimate of drug-likeness (QED) is 0.144. The van der Waals surface area contributed by atoms with E-state index in [1.54, 1.807) is 24.3 Å². The minimum atomic E-state index is 0.256. The number of aromatic nitrogens is 4. The van der Waals surface area contributed by atoms with Gasteiger partial charge < -0.3 is 0 Å². The lowest BCUT2D eigenvalue weighted by Crippen LogP contribution is -1.90. The molecule has 0 bridgehead atoms. The summed E-state index contributed by atoms with van der Waals surface area (Å²) in [7, 11) is 0. The lowest BCUT2D eigenvalue weighted by Gasteiger charge is -2.06. The third-order valence-electron chi connectivity index (χ3n) is 8.20. The number of fused-ring (bicyclic) bond motifs is 10. The zero-order valence-corrected chi connectivity index (χ0v) is 21.4. The van der Waals surface area contributed by atoms with Gasteiger partial charge in [-0.3, -0.25) is 9.69 Å². The molecule has 0 fully saturated rings. The zero-order valence-electron chi connectivity index (χ0n) is 21.4. The fraction of sp³-hybridized carbons (Fsp3) is 0. The van der Waals surface area contributed by atoms with Crippen LogP contribution in [0.15, 0.2) is 60.7 Å². The number of benzene rings is 5. The van der Waals surface area contributed by atoms with Crippen LogP contribution in [0.5, 0.6) is 0 Å². The van der Waals surface area contributed by atoms with E-state index in [0.717, 1.165) is 65.2 Å². The van der Waals surface area contributed by atoms with Gasteiger partial charge >= 0.3 is 0 Å². The maximum Gasteiger partial charge on any atom is 0.196 e. The minimum absolute atomic E-state index is 0.256. The Bertz CT molecular complexity index is 2690. The molecule has 0 aliphatic carbocycles. The Labute approximate surface area is 235 Å². The van der Waals surface area contributed by atoms with Gasteiger partial charge in [0, 0.05) is 32.3 Å². The van der Waals surface area contributed by atoms with Crippen LogP contribution >= 0.6 is 0 Å². The summed E-state index contributed by atoms with van der Waals surface area (Å²) in [6.45, 7) is 15.0. The molecule has 0 radical (unpaired) electrons. The molecule has 8 nitrogen and oxygen atoms in total. The van der Waals surface area contributed by atoms with Crippen LogP contribution in [-0.2, 0) is 0 Å². The molecule has 186 valence electrons. The first kappa shape index (κ1) is 22.1. The summed E-state index contributed by atoms with van der Waals surface area (Å²) in [5, 5.41) is 27.0. The summed E-state index contributed by atoms with van der Waals surface area (Å²) >= 11 is 0. The second-order valence-electron chi connectivity index (χ2n) is 10.2. The van der Waals surface area contributed by atoms with Gasteiger partial charge in [-0.2, -0.15) is 10.5 Å². The molecule has 7 aromatic carbocycles. The van der Waals surface area contributed by atoms with Crippen molar-refractivity contribution in [1.29, 1.82) is 10.5 Å². The molecule has 9 aromatic rings. The molecule has 0 aliphatic heterocycles. The van der Waals surface area contributed by atoms with E-state index in [1.165, 1.54) is 0 Å². The molecular formula is C34H10N8. The average Bonchev–Trinajstić information content (AvgIpc) is 3.53. The van der Waals surface area contributed by atoms with E-state index in [0.29, 0.717) is 22.1 Å². The highest BCUT2D eigenvalue weighted by atomic mass is 14.8. The maximum atomic E-state index is 9.60. The molecule has 2 heterocycles. The normalized spacial score (nSPS) is 11.7. The van der Waals surface area contributed by atoms with Crippen LogP contribution in [0.4, 0.5) is 11.4 Å². The van der Waals surface area contributed by atoms with E-state index in [4.69, 9.17) is 33.1 Å². The highest BCUT2D eigenvalue weighted by molar-refractivity contribution is 6.46. The second kappa shape index (κ2) is 7.46. The summed E-state index contributed by atoms with van der Waals surface area (Å²) in [6.07, 6.45) is 0. The van der Waals surface area contributed by atoms with Gasteiger partial charge in [-0.1, -0.05) is 36.4 Å². The number of hydrogen-bond acceptors (Lipinski definition) is 6. The van der Waals surface area contributed by atoms with Gasteiger partial charge in [-0.05, 0) is 35.0 Å². The third-order valence-corrected chi connectivity index (χ3v) is 8.20. The van der Waals surface area contributed by atoms with Crippen LogP contribution in [0.25, 0.3) is 96.9 Å². The van der Waals surface area contributed by atoms with Crippen LogP contribution in [0.1, 0.15) is 11.1 Å². The zero-order chi connectivity index (χ0) is 28.3. The Kier molecular flexibility index (Phi) is 3.93. The Hall–Kier alpha value is -6.74. The van der Waals surface area contributed by atoms with Crippen molar-refractivity contribution in [3.05, 3.63) is 94.6 Å². The molecule has 0 aliphatic rings. The van der Waals surface area contributed by atoms with Crippen LogP contribution < -0.4 is 0 Å². The first-order chi connectivity index (χ1) is 20.6. The van der Waals surface area contributed by atoms with Crippen molar-refractivity contribution in [2.45, 2.75) is 0 Å². The first-order valence-electron chi connectivity index (χ1n) is 12.9. The van der Waals surface area contributed by atoms with E-state index in [9.17, 15) is 10.5 Å². The highest BCUT2D eigenvalue weighted by Crippen LogP contribution is 2.49. The SMILES string of the molecule is [C-]#[N+]c1cc2nc3c4cccc5c4c(c4cccc6c7nc8cc(C#N)c(C#N)cc8nc7c5c64)c3nc2cc1[N+]#[C-]. The van der Waals surface area contributed by atoms with Crippen molar-refractivity contribution < 1.29 is 0 Å². The lowest BCUT2D eigenvalue weighted by molar-refractivity contribution is 1.39. The molecule has 0 saturated carbocycles. The van der Waals surface area contributed by atoms with E-state index in [2.05, 4.69) is 34.0 Å². The maximum absolute atomic E-state index is 9.60. The molecule has 0 atom stereocenters. The molecule has 0 N–H and O–H groups in total. The molecule has 42 heavy (non-hydrogen) atoms. The Morgan fingerprint density at radius 1 is 0.500 bits per heavy atom. The highest BCUT2D eigenvalue weighted by Gasteiger charge is 2.25. The van der Waals surface area contributed by atoms with Crippen molar-refractivity contribution in [3.8, 4) is 12.1 Å². The monoisotopic (exact) mass is 530 g/mol. The van der Waals surface area contributed by atoms with Gasteiger partial charge in [0.05, 0.1) is 68.4 Å². The van der Waals surface area contributed by atoms with Gasteiger partial charge in [0.1, 0.15) is 12.1 Å². The summed E-state index contributed by atoms with van der Waals surface area (Å²) in [4.78, 5) is 27.1. The molecule has 8 heteroatoms. The van der Waals surface area contributed by atoms with Crippen LogP contribution in [0, 0.1) is 35.8 Å². The molecule has 0 spiro atoms. The molecule has 9 rings (SSSR count). The van der Waals surface area contributed by atoms with Gasteiger partial charge in [-0.25, -0.2) is 19.9 Å². The summed E-state index contributed by atoms with van der Waals surface area (Å²) in [5.41, 5.74) is 6.25. The number of nitrogens with zero attached hydrogens (tertiary/aromatic N) is 8. The van der Waals surface area contributed by atoms with Crippen LogP contribution in [0.2, 0.25) is 0 Å². The Balaban J connectivity index is 1.53. The molecule has 0 saturated heterocycles. The molecular weight excluding hydrogens is 520 g/mol. The third kappa shape index (κ3) is 2.52. The Morgan fingerprint density at radius 2 is 0.881 bits per heavy atom. The van der Waals surface area contributed by atoms with E-state index in [-0.39, 0.29) is 22.5 Å². The Morgan fingerprint density at radius 3 is 1.29 bits per heavy atom. The lowest BCUT2D eigenvalue weighted by atomic mass is 9.96. The predicted molar refractivity (Wildman–Crippen MR) is 162 cm³/mol. The van der Waals surface area contributed by atoms with Crippen LogP contribution in [0.3, 0.4) is 0 Å². The van der Waals surface area contributed by atoms with Crippen molar-refractivity contribution >= 4 is 98.6 Å². The smallest absolute Gasteiger partial charge is 0.196 e. The van der Waals surface area contributed by atoms with Gasteiger partial charge in [0.25, 0.3) is 0 Å². The van der Waals surface area contributed by atoms with E-state index < -0.39 is 0 Å². The average molecular weight is 531 g/mol. The summed E-state index contributed by atoms with van der Waals surface area (Å²) in [5.74, 6) is 0. The number of nitriles is 2. The topological polar surface area (TPSA) is 108 Å². The predicted octanol–water partition coefficient (Wildman–Crippen LogP) is 8.21. The number of rotatable bonds is 0. The van der Waals surface area contributed by atoms with Gasteiger partial charge in [0.15, 0.2) is 11.4 Å². The molecule has 0 amide bonds. The summed E-state index contributed by atoms with van der Waals surface area (Å²) in [6, 6.07) is 23.0. The minimum Gasteiger partial charge on any atom is -0.250 e. The fourth-order valence-electron chi connectivity index (χ4n) is 6.49. The van der Waals surface area contributed by atoms with Crippen molar-refractivity contribution in [2.75, 3.05) is 0 Å². The van der Waals surface area contributed by atoms with Gasteiger partial charge in [-0.15, -0.1) is 0 Å². The fourth-order valence-corrected chi connectivity index (χ4v) is 6.49. The standard InChI is InChI=1S/C34H10N8/c1-37-21-11-25-26(12-22(21)38-2)42-34-30-18-6-3-7-19-27(18)29(17-5-4-8-20(28(17)30)32(34)40-25)33-31(19)39-23-9-15(13-35)16(14-36)10-24(23)41-33/h3-12H.